The summed E-state index contributed by atoms with van der Waals surface area (Å²) >= 11 is 0. The Kier molecular flexibility index (Phi) is 6.38. The van der Waals surface area contributed by atoms with Crippen LogP contribution in [0.15, 0.2) is 29.2 Å². The molecule has 0 spiro atoms. The molecule has 4 nitrogen and oxygen atoms in total. The normalized spacial score (nSPS) is 14.1. The topological polar surface area (TPSA) is 58.2 Å². The quantitative estimate of drug-likeness (QED) is 0.761. The molecule has 1 atom stereocenters. The molecular formula is C16H28N2O2S. The zero-order chi connectivity index (χ0) is 16.1. The fourth-order valence-corrected chi connectivity index (χ4v) is 3.23. The van der Waals surface area contributed by atoms with Gasteiger partial charge in [-0.15, -0.1) is 0 Å². The van der Waals surface area contributed by atoms with Crippen LogP contribution < -0.4 is 10.0 Å². The Labute approximate surface area is 129 Å². The van der Waals surface area contributed by atoms with E-state index in [4.69, 9.17) is 0 Å². The summed E-state index contributed by atoms with van der Waals surface area (Å²) in [6.45, 7) is 11.7. The van der Waals surface area contributed by atoms with Crippen LogP contribution in [0.5, 0.6) is 0 Å². The Hall–Kier alpha value is -0.910. The maximum atomic E-state index is 12.4. The highest BCUT2D eigenvalue weighted by Crippen LogP contribution is 2.21. The summed E-state index contributed by atoms with van der Waals surface area (Å²) < 4.78 is 27.6. The van der Waals surface area contributed by atoms with E-state index in [1.54, 1.807) is 18.2 Å². The minimum Gasteiger partial charge on any atom is -0.313 e. The first-order valence-corrected chi connectivity index (χ1v) is 8.97. The molecule has 0 aliphatic rings. The van der Waals surface area contributed by atoms with Crippen LogP contribution in [0.2, 0.25) is 0 Å². The molecule has 1 aromatic carbocycles. The molecule has 0 aromatic heterocycles. The van der Waals surface area contributed by atoms with Gasteiger partial charge >= 0.3 is 0 Å². The zero-order valence-corrected chi connectivity index (χ0v) is 14.5. The van der Waals surface area contributed by atoms with Gasteiger partial charge < -0.3 is 5.32 Å². The third-order valence-corrected chi connectivity index (χ3v) is 5.13. The van der Waals surface area contributed by atoms with Gasteiger partial charge in [-0.1, -0.05) is 39.8 Å². The lowest BCUT2D eigenvalue weighted by Crippen LogP contribution is -2.41. The number of hydrogen-bond donors (Lipinski definition) is 2. The van der Waals surface area contributed by atoms with E-state index in [2.05, 4.69) is 17.0 Å². The molecule has 0 radical (unpaired) electrons. The third kappa shape index (κ3) is 5.77. The van der Waals surface area contributed by atoms with Gasteiger partial charge in [-0.3, -0.25) is 0 Å². The predicted octanol–water partition coefficient (Wildman–Crippen LogP) is 2.90. The van der Waals surface area contributed by atoms with E-state index in [0.29, 0.717) is 11.4 Å². The lowest BCUT2D eigenvalue weighted by atomic mass is 9.89. The van der Waals surface area contributed by atoms with Gasteiger partial charge in [0, 0.05) is 12.6 Å². The van der Waals surface area contributed by atoms with E-state index in [9.17, 15) is 8.42 Å². The first-order chi connectivity index (χ1) is 9.66. The standard InChI is InChI=1S/C16H28N2O2S/c1-6-10-17-12-14-8-7-9-15(11-14)21(19,20)18-13(2)16(3,4)5/h7-9,11,13,17-18H,6,10,12H2,1-5H3. The summed E-state index contributed by atoms with van der Waals surface area (Å²) in [7, 11) is -3.47. The van der Waals surface area contributed by atoms with Crippen LogP contribution in [0, 0.1) is 5.41 Å². The maximum Gasteiger partial charge on any atom is 0.240 e. The van der Waals surface area contributed by atoms with Crippen LogP contribution >= 0.6 is 0 Å². The van der Waals surface area contributed by atoms with Crippen molar-refractivity contribution in [1.29, 1.82) is 0 Å². The molecule has 5 heteroatoms. The molecule has 0 fully saturated rings. The van der Waals surface area contributed by atoms with Crippen molar-refractivity contribution in [2.45, 2.75) is 58.5 Å². The second-order valence-corrected chi connectivity index (χ2v) is 8.25. The van der Waals surface area contributed by atoms with Crippen LogP contribution in [-0.2, 0) is 16.6 Å². The fourth-order valence-electron chi connectivity index (χ4n) is 1.71. The average molecular weight is 312 g/mol. The number of nitrogens with one attached hydrogen (secondary N) is 2. The lowest BCUT2D eigenvalue weighted by molar-refractivity contribution is 0.317. The van der Waals surface area contributed by atoms with Gasteiger partial charge in [0.05, 0.1) is 4.90 Å². The van der Waals surface area contributed by atoms with Crippen molar-refractivity contribution >= 4 is 10.0 Å². The highest BCUT2D eigenvalue weighted by molar-refractivity contribution is 7.89. The second-order valence-electron chi connectivity index (χ2n) is 6.53. The molecule has 0 aliphatic heterocycles. The van der Waals surface area contributed by atoms with Crippen molar-refractivity contribution in [1.82, 2.24) is 10.0 Å². The van der Waals surface area contributed by atoms with Gasteiger partial charge in [-0.25, -0.2) is 13.1 Å². The van der Waals surface area contributed by atoms with E-state index >= 15 is 0 Å². The highest BCUT2D eigenvalue weighted by atomic mass is 32.2. The molecule has 0 heterocycles. The van der Waals surface area contributed by atoms with Gasteiger partial charge in [0.2, 0.25) is 10.0 Å². The minimum absolute atomic E-state index is 0.118. The summed E-state index contributed by atoms with van der Waals surface area (Å²) in [5.41, 5.74) is 0.864. The summed E-state index contributed by atoms with van der Waals surface area (Å²) in [5.74, 6) is 0. The number of benzene rings is 1. The summed E-state index contributed by atoms with van der Waals surface area (Å²) in [5, 5.41) is 3.28. The molecule has 120 valence electrons. The molecule has 0 amide bonds. The Balaban J connectivity index is 2.86. The van der Waals surface area contributed by atoms with Gasteiger partial charge in [-0.2, -0.15) is 0 Å². The number of rotatable bonds is 7. The second kappa shape index (κ2) is 7.38. The van der Waals surface area contributed by atoms with Crippen molar-refractivity contribution in [2.24, 2.45) is 5.41 Å². The molecule has 21 heavy (non-hydrogen) atoms. The molecule has 1 unspecified atom stereocenters. The number of hydrogen-bond acceptors (Lipinski definition) is 3. The maximum absolute atomic E-state index is 12.4. The van der Waals surface area contributed by atoms with Gasteiger partial charge in [0.1, 0.15) is 0 Å². The van der Waals surface area contributed by atoms with Crippen molar-refractivity contribution in [3.05, 3.63) is 29.8 Å². The predicted molar refractivity (Wildman–Crippen MR) is 87.7 cm³/mol. The molecule has 2 N–H and O–H groups in total. The van der Waals surface area contributed by atoms with Crippen molar-refractivity contribution in [3.8, 4) is 0 Å². The van der Waals surface area contributed by atoms with Crippen LogP contribution in [0.4, 0.5) is 0 Å². The van der Waals surface area contributed by atoms with Crippen molar-refractivity contribution in [2.75, 3.05) is 6.54 Å². The lowest BCUT2D eigenvalue weighted by Gasteiger charge is -2.27. The molecule has 1 aromatic rings. The monoisotopic (exact) mass is 312 g/mol. The van der Waals surface area contributed by atoms with E-state index in [-0.39, 0.29) is 11.5 Å². The van der Waals surface area contributed by atoms with E-state index in [1.165, 1.54) is 0 Å². The summed E-state index contributed by atoms with van der Waals surface area (Å²) in [6.07, 6.45) is 1.06. The largest absolute Gasteiger partial charge is 0.313 e. The average Bonchev–Trinajstić information content (AvgIpc) is 2.38. The Bertz CT molecular complexity index is 548. The zero-order valence-electron chi connectivity index (χ0n) is 13.7. The van der Waals surface area contributed by atoms with Gasteiger partial charge in [-0.05, 0) is 43.0 Å². The smallest absolute Gasteiger partial charge is 0.240 e. The third-order valence-electron chi connectivity index (χ3n) is 3.60. The van der Waals surface area contributed by atoms with Crippen molar-refractivity contribution < 1.29 is 8.42 Å². The molecule has 0 aliphatic carbocycles. The van der Waals surface area contributed by atoms with Crippen LogP contribution in [-0.4, -0.2) is 21.0 Å². The van der Waals surface area contributed by atoms with Crippen molar-refractivity contribution in [3.63, 3.8) is 0 Å². The van der Waals surface area contributed by atoms with E-state index < -0.39 is 10.0 Å². The SMILES string of the molecule is CCCNCc1cccc(S(=O)(=O)NC(C)C(C)(C)C)c1. The Morgan fingerprint density at radius 3 is 2.48 bits per heavy atom. The van der Waals surface area contributed by atoms with Crippen LogP contribution in [0.1, 0.15) is 46.6 Å². The minimum atomic E-state index is -3.47. The summed E-state index contributed by atoms with van der Waals surface area (Å²) in [6, 6.07) is 6.97. The first kappa shape index (κ1) is 18.1. The van der Waals surface area contributed by atoms with E-state index in [0.717, 1.165) is 18.5 Å². The first-order valence-electron chi connectivity index (χ1n) is 7.49. The molecule has 0 bridgehead atoms. The molecule has 0 saturated heterocycles. The number of sulfonamides is 1. The van der Waals surface area contributed by atoms with Gasteiger partial charge in [0.25, 0.3) is 0 Å². The Morgan fingerprint density at radius 2 is 1.90 bits per heavy atom. The fraction of sp³-hybridized carbons (Fsp3) is 0.625. The Morgan fingerprint density at radius 1 is 1.24 bits per heavy atom. The highest BCUT2D eigenvalue weighted by Gasteiger charge is 2.25. The van der Waals surface area contributed by atoms with Crippen LogP contribution in [0.3, 0.4) is 0 Å². The molecule has 0 saturated carbocycles. The van der Waals surface area contributed by atoms with Gasteiger partial charge in [0.15, 0.2) is 0 Å². The van der Waals surface area contributed by atoms with Crippen LogP contribution in [0.25, 0.3) is 0 Å². The molecule has 1 rings (SSSR count). The molecular weight excluding hydrogens is 284 g/mol. The van der Waals surface area contributed by atoms with E-state index in [1.807, 2.05) is 33.8 Å². The summed E-state index contributed by atoms with van der Waals surface area (Å²) in [4.78, 5) is 0.328.